The van der Waals surface area contributed by atoms with Crippen molar-refractivity contribution >= 4 is 15.9 Å². The Morgan fingerprint density at radius 3 is 2.90 bits per heavy atom. The van der Waals surface area contributed by atoms with Gasteiger partial charge in [0.1, 0.15) is 0 Å². The van der Waals surface area contributed by atoms with Crippen molar-refractivity contribution in [3.05, 3.63) is 0 Å². The van der Waals surface area contributed by atoms with E-state index in [9.17, 15) is 0 Å². The molecule has 0 saturated carbocycles. The average molecular weight is 204 g/mol. The zero-order valence-electron chi connectivity index (χ0n) is 5.66. The molecule has 3 heterocycles. The largest absolute Gasteiger partial charge is 0.371 e. The lowest BCUT2D eigenvalue weighted by molar-refractivity contribution is 0.00997. The number of hydrogen-bond acceptors (Lipinski definition) is 2. The molecule has 2 bridgehead atoms. The number of morpholine rings is 1. The number of rotatable bonds is 0. The van der Waals surface area contributed by atoms with Crippen LogP contribution in [0.3, 0.4) is 0 Å². The van der Waals surface area contributed by atoms with E-state index in [0.717, 1.165) is 6.54 Å². The number of fused-ring (bicyclic) bond motifs is 1. The molecule has 0 spiro atoms. The molecule has 0 aromatic rings. The summed E-state index contributed by atoms with van der Waals surface area (Å²) < 4.78 is 5.77. The smallest absolute Gasteiger partial charge is 0.0847 e. The van der Waals surface area contributed by atoms with E-state index >= 15 is 0 Å². The normalized spacial score (nSPS) is 58.5. The second-order valence-electron chi connectivity index (χ2n) is 3.43. The lowest BCUT2D eigenvalue weighted by Gasteiger charge is -2.21. The van der Waals surface area contributed by atoms with Crippen LogP contribution in [-0.4, -0.2) is 41.1 Å². The van der Waals surface area contributed by atoms with Crippen LogP contribution in [0.1, 0.15) is 6.42 Å². The number of alkyl halides is 1. The van der Waals surface area contributed by atoms with Gasteiger partial charge in [-0.15, -0.1) is 0 Å². The van der Waals surface area contributed by atoms with Gasteiger partial charge in [0.15, 0.2) is 0 Å². The lowest BCUT2D eigenvalue weighted by atomic mass is 10.1. The van der Waals surface area contributed by atoms with Crippen molar-refractivity contribution in [2.24, 2.45) is 0 Å². The van der Waals surface area contributed by atoms with Crippen LogP contribution in [0.4, 0.5) is 0 Å². The first-order chi connectivity index (χ1) is 4.86. The summed E-state index contributed by atoms with van der Waals surface area (Å²) in [5.74, 6) is 0. The summed E-state index contributed by atoms with van der Waals surface area (Å²) in [4.78, 5) is 3.18. The molecule has 3 heteroatoms. The van der Waals surface area contributed by atoms with Gasteiger partial charge in [0.05, 0.1) is 23.1 Å². The predicted molar refractivity (Wildman–Crippen MR) is 41.4 cm³/mol. The van der Waals surface area contributed by atoms with Gasteiger partial charge in [-0.25, -0.2) is 0 Å². The van der Waals surface area contributed by atoms with Crippen molar-refractivity contribution in [1.82, 2.24) is 4.90 Å². The molecular formula is C7H10BrNO. The molecule has 10 heavy (non-hydrogen) atoms. The van der Waals surface area contributed by atoms with Gasteiger partial charge < -0.3 is 4.74 Å². The highest BCUT2D eigenvalue weighted by Crippen LogP contribution is 2.43. The molecule has 3 aliphatic rings. The third-order valence-corrected chi connectivity index (χ3v) is 4.08. The maximum atomic E-state index is 5.77. The maximum Gasteiger partial charge on any atom is 0.0847 e. The van der Waals surface area contributed by atoms with E-state index in [1.807, 2.05) is 0 Å². The Hall–Kier alpha value is 0.400. The summed E-state index contributed by atoms with van der Waals surface area (Å²) in [5, 5.41) is 0. The fourth-order valence-corrected chi connectivity index (χ4v) is 3.48. The second-order valence-corrected chi connectivity index (χ2v) is 4.49. The minimum atomic E-state index is 0.498. The first-order valence-corrected chi connectivity index (χ1v) is 4.81. The molecule has 0 amide bonds. The monoisotopic (exact) mass is 203 g/mol. The van der Waals surface area contributed by atoms with Crippen molar-refractivity contribution in [3.8, 4) is 0 Å². The summed E-state index contributed by atoms with van der Waals surface area (Å²) in [6, 6.07) is 0.713. The van der Waals surface area contributed by atoms with E-state index in [-0.39, 0.29) is 0 Å². The Kier molecular flexibility index (Phi) is 1.05. The Morgan fingerprint density at radius 2 is 2.30 bits per heavy atom. The summed E-state index contributed by atoms with van der Waals surface area (Å²) >= 11 is 3.69. The Balaban J connectivity index is 2.01. The van der Waals surface area contributed by atoms with Crippen LogP contribution in [-0.2, 0) is 4.74 Å². The molecule has 0 aromatic heterocycles. The van der Waals surface area contributed by atoms with Crippen LogP contribution in [0.5, 0.6) is 0 Å². The highest BCUT2D eigenvalue weighted by Gasteiger charge is 2.55. The molecule has 56 valence electrons. The van der Waals surface area contributed by atoms with Gasteiger partial charge in [-0.3, -0.25) is 4.90 Å². The van der Waals surface area contributed by atoms with Crippen LogP contribution in [0, 0.1) is 0 Å². The van der Waals surface area contributed by atoms with Crippen molar-refractivity contribution in [2.75, 3.05) is 13.1 Å². The fraction of sp³-hybridized carbons (Fsp3) is 1.00. The van der Waals surface area contributed by atoms with Crippen LogP contribution < -0.4 is 0 Å². The molecule has 2 nitrogen and oxygen atoms in total. The Labute approximate surface area is 68.7 Å². The van der Waals surface area contributed by atoms with Crippen LogP contribution >= 0.6 is 15.9 Å². The third kappa shape index (κ3) is 0.532. The summed E-state index contributed by atoms with van der Waals surface area (Å²) in [5.41, 5.74) is 0. The summed E-state index contributed by atoms with van der Waals surface area (Å²) in [6.45, 7) is 2.42. The number of ether oxygens (including phenoxy) is 1. The molecule has 0 radical (unpaired) electrons. The van der Waals surface area contributed by atoms with E-state index in [2.05, 4.69) is 20.8 Å². The lowest BCUT2D eigenvalue weighted by Crippen LogP contribution is -2.34. The van der Waals surface area contributed by atoms with Crippen molar-refractivity contribution < 1.29 is 4.74 Å². The van der Waals surface area contributed by atoms with E-state index < -0.39 is 0 Å². The third-order valence-electron chi connectivity index (χ3n) is 2.95. The molecule has 3 aliphatic heterocycles. The van der Waals surface area contributed by atoms with Crippen LogP contribution in [0.2, 0.25) is 0 Å². The van der Waals surface area contributed by atoms with Crippen molar-refractivity contribution in [1.29, 1.82) is 0 Å². The van der Waals surface area contributed by atoms with Gasteiger partial charge in [-0.05, 0) is 6.42 Å². The highest BCUT2D eigenvalue weighted by atomic mass is 79.9. The van der Waals surface area contributed by atoms with E-state index in [0.29, 0.717) is 23.1 Å². The molecule has 4 atom stereocenters. The average Bonchev–Trinajstić information content (AvgIpc) is 2.44. The van der Waals surface area contributed by atoms with E-state index in [4.69, 9.17) is 4.74 Å². The highest BCUT2D eigenvalue weighted by molar-refractivity contribution is 9.09. The van der Waals surface area contributed by atoms with Gasteiger partial charge in [-0.1, -0.05) is 15.9 Å². The maximum absolute atomic E-state index is 5.77. The minimum absolute atomic E-state index is 0.498. The van der Waals surface area contributed by atoms with Gasteiger partial charge in [0.25, 0.3) is 0 Å². The topological polar surface area (TPSA) is 12.5 Å². The summed E-state index contributed by atoms with van der Waals surface area (Å²) in [7, 11) is 0. The Morgan fingerprint density at radius 1 is 1.40 bits per heavy atom. The van der Waals surface area contributed by atoms with Gasteiger partial charge in [0.2, 0.25) is 0 Å². The van der Waals surface area contributed by atoms with Gasteiger partial charge in [-0.2, -0.15) is 0 Å². The predicted octanol–water partition coefficient (Wildman–Crippen LogP) is 0.605. The molecule has 0 N–H and O–H groups in total. The number of hydrogen-bond donors (Lipinski definition) is 0. The molecular weight excluding hydrogens is 194 g/mol. The molecule has 0 aromatic carbocycles. The molecule has 4 unspecified atom stereocenters. The zero-order valence-corrected chi connectivity index (χ0v) is 7.25. The fourth-order valence-electron chi connectivity index (χ4n) is 2.51. The first kappa shape index (κ1) is 5.98. The van der Waals surface area contributed by atoms with E-state index in [1.165, 1.54) is 13.0 Å². The number of halogens is 1. The quantitative estimate of drug-likeness (QED) is 0.536. The first-order valence-electron chi connectivity index (χ1n) is 3.90. The second kappa shape index (κ2) is 1.76. The van der Waals surface area contributed by atoms with Crippen LogP contribution in [0.15, 0.2) is 0 Å². The van der Waals surface area contributed by atoms with Gasteiger partial charge in [0, 0.05) is 13.1 Å². The van der Waals surface area contributed by atoms with Gasteiger partial charge >= 0.3 is 0 Å². The van der Waals surface area contributed by atoms with Crippen LogP contribution in [0.25, 0.3) is 0 Å². The zero-order chi connectivity index (χ0) is 6.72. The van der Waals surface area contributed by atoms with Crippen molar-refractivity contribution in [3.63, 3.8) is 0 Å². The molecule has 0 aliphatic carbocycles. The molecule has 3 fully saturated rings. The van der Waals surface area contributed by atoms with E-state index in [1.54, 1.807) is 0 Å². The van der Waals surface area contributed by atoms with Crippen molar-refractivity contribution in [2.45, 2.75) is 29.5 Å². The SMILES string of the molecule is BrC1C2CN3CCC(O2)C13. The summed E-state index contributed by atoms with van der Waals surface area (Å²) in [6.07, 6.45) is 2.31. The number of nitrogens with zero attached hydrogens (tertiary/aromatic N) is 1. The minimum Gasteiger partial charge on any atom is -0.371 e. The molecule has 3 rings (SSSR count). The standard InChI is InChI=1S/C7H10BrNO/c8-6-5-3-9-2-1-4(10-5)7(6)9/h4-7H,1-3H2. The Bertz CT molecular complexity index is 158. The molecule has 3 saturated heterocycles.